The highest BCUT2D eigenvalue weighted by Gasteiger charge is 2.18. The molecule has 0 saturated heterocycles. The molecule has 0 atom stereocenters. The minimum Gasteiger partial charge on any atom is -0.349 e. The molecule has 0 radical (unpaired) electrons. The Kier molecular flexibility index (Phi) is 4.60. The maximum Gasteiger partial charge on any atom is 0.268 e. The van der Waals surface area contributed by atoms with Crippen molar-refractivity contribution in [2.75, 3.05) is 0 Å². The van der Waals surface area contributed by atoms with Gasteiger partial charge >= 0.3 is 0 Å². The first-order chi connectivity index (χ1) is 10.9. The predicted octanol–water partition coefficient (Wildman–Crippen LogP) is 4.96. The lowest BCUT2D eigenvalue weighted by atomic mass is 10.1. The summed E-state index contributed by atoms with van der Waals surface area (Å²) in [6.07, 6.45) is 0. The lowest BCUT2D eigenvalue weighted by Crippen LogP contribution is -2.31. The van der Waals surface area contributed by atoms with E-state index in [4.69, 9.17) is 0 Å². The van der Waals surface area contributed by atoms with Crippen molar-refractivity contribution in [1.29, 1.82) is 0 Å². The second kappa shape index (κ2) is 6.49. The van der Waals surface area contributed by atoms with Crippen LogP contribution in [0.3, 0.4) is 0 Å². The Bertz CT molecular complexity index is 846. The van der Waals surface area contributed by atoms with Gasteiger partial charge in [-0.05, 0) is 54.4 Å². The van der Waals surface area contributed by atoms with E-state index >= 15 is 0 Å². The van der Waals surface area contributed by atoms with Crippen LogP contribution in [-0.2, 0) is 6.54 Å². The summed E-state index contributed by atoms with van der Waals surface area (Å²) in [5.74, 6) is -0.0216. The summed E-state index contributed by atoms with van der Waals surface area (Å²) in [4.78, 5) is 12.5. The molecular weight excluding hydrogens is 372 g/mol. The molecule has 1 aromatic carbocycles. The van der Waals surface area contributed by atoms with Crippen LogP contribution in [0.4, 0.5) is 0 Å². The highest BCUT2D eigenvalue weighted by molar-refractivity contribution is 9.11. The van der Waals surface area contributed by atoms with Crippen LogP contribution >= 0.6 is 27.3 Å². The van der Waals surface area contributed by atoms with Crippen LogP contribution in [0.5, 0.6) is 0 Å². The van der Waals surface area contributed by atoms with Crippen molar-refractivity contribution in [2.24, 2.45) is 0 Å². The van der Waals surface area contributed by atoms with Crippen molar-refractivity contribution in [3.8, 4) is 0 Å². The van der Waals surface area contributed by atoms with Gasteiger partial charge in [0.1, 0.15) is 5.69 Å². The molecule has 3 aromatic rings. The van der Waals surface area contributed by atoms with Crippen LogP contribution in [0, 0.1) is 6.92 Å². The molecule has 3 rings (SSSR count). The summed E-state index contributed by atoms with van der Waals surface area (Å²) in [5.41, 5.74) is 4.24. The first-order valence-electron chi connectivity index (χ1n) is 7.59. The number of nitrogens with one attached hydrogen (secondary N) is 1. The van der Waals surface area contributed by atoms with Crippen molar-refractivity contribution in [1.82, 2.24) is 9.88 Å². The molecule has 0 bridgehead atoms. The Labute approximate surface area is 148 Å². The second-order valence-electron chi connectivity index (χ2n) is 6.03. The SMILES string of the molecule is Cc1ccc(Cn2c(C(=O)NC(C)C)cc3sc(Br)cc32)cc1. The molecule has 0 unspecified atom stereocenters. The molecule has 0 fully saturated rings. The van der Waals surface area contributed by atoms with Crippen LogP contribution in [-0.4, -0.2) is 16.5 Å². The number of benzene rings is 1. The smallest absolute Gasteiger partial charge is 0.268 e. The van der Waals surface area contributed by atoms with Crippen molar-refractivity contribution in [2.45, 2.75) is 33.4 Å². The van der Waals surface area contributed by atoms with Gasteiger partial charge in [-0.25, -0.2) is 0 Å². The van der Waals surface area contributed by atoms with Gasteiger partial charge < -0.3 is 9.88 Å². The second-order valence-corrected chi connectivity index (χ2v) is 8.49. The number of aryl methyl sites for hydroxylation is 1. The molecule has 0 aliphatic heterocycles. The van der Waals surface area contributed by atoms with E-state index in [0.717, 1.165) is 14.0 Å². The zero-order chi connectivity index (χ0) is 16.6. The quantitative estimate of drug-likeness (QED) is 0.670. The monoisotopic (exact) mass is 390 g/mol. The Morgan fingerprint density at radius 2 is 1.96 bits per heavy atom. The molecule has 5 heteroatoms. The van der Waals surface area contributed by atoms with E-state index in [1.165, 1.54) is 11.1 Å². The molecule has 1 N–H and O–H groups in total. The number of carbonyl (C=O) groups is 1. The van der Waals surface area contributed by atoms with Crippen LogP contribution in [0.1, 0.15) is 35.5 Å². The largest absolute Gasteiger partial charge is 0.349 e. The third-order valence-corrected chi connectivity index (χ3v) is 5.25. The fourth-order valence-electron chi connectivity index (χ4n) is 2.58. The van der Waals surface area contributed by atoms with Crippen molar-refractivity contribution < 1.29 is 4.79 Å². The zero-order valence-corrected chi connectivity index (χ0v) is 15.8. The van der Waals surface area contributed by atoms with E-state index < -0.39 is 0 Å². The predicted molar refractivity (Wildman–Crippen MR) is 100 cm³/mol. The van der Waals surface area contributed by atoms with Gasteiger partial charge in [0.05, 0.1) is 14.0 Å². The number of rotatable bonds is 4. The number of thiophene rings is 1. The maximum atomic E-state index is 12.5. The summed E-state index contributed by atoms with van der Waals surface area (Å²) in [6, 6.07) is 12.6. The van der Waals surface area contributed by atoms with Crippen LogP contribution in [0.2, 0.25) is 0 Å². The van der Waals surface area contributed by atoms with E-state index in [0.29, 0.717) is 12.2 Å². The average Bonchev–Trinajstić information content (AvgIpc) is 2.98. The Balaban J connectivity index is 2.04. The summed E-state index contributed by atoms with van der Waals surface area (Å²) in [7, 11) is 0. The molecule has 0 spiro atoms. The van der Waals surface area contributed by atoms with Gasteiger partial charge in [0.2, 0.25) is 0 Å². The van der Waals surface area contributed by atoms with Crippen LogP contribution < -0.4 is 5.32 Å². The molecule has 0 aliphatic rings. The number of hydrogen-bond acceptors (Lipinski definition) is 2. The molecule has 0 aliphatic carbocycles. The van der Waals surface area contributed by atoms with E-state index in [1.54, 1.807) is 11.3 Å². The van der Waals surface area contributed by atoms with Crippen LogP contribution in [0.25, 0.3) is 10.2 Å². The van der Waals surface area contributed by atoms with Gasteiger partial charge in [0, 0.05) is 12.6 Å². The van der Waals surface area contributed by atoms with Gasteiger partial charge in [-0.1, -0.05) is 29.8 Å². The lowest BCUT2D eigenvalue weighted by Gasteiger charge is -2.13. The molecule has 120 valence electrons. The standard InChI is InChI=1S/C18H19BrN2OS/c1-11(2)20-18(22)15-8-16-14(9-17(19)23-16)21(15)10-13-6-4-12(3)5-7-13/h4-9,11H,10H2,1-3H3,(H,20,22). The van der Waals surface area contributed by atoms with Gasteiger partial charge in [-0.3, -0.25) is 4.79 Å². The summed E-state index contributed by atoms with van der Waals surface area (Å²) in [6.45, 7) is 6.72. The molecule has 2 heterocycles. The normalized spacial score (nSPS) is 11.3. The van der Waals surface area contributed by atoms with Gasteiger partial charge in [0.15, 0.2) is 0 Å². The minimum absolute atomic E-state index is 0.0216. The lowest BCUT2D eigenvalue weighted by molar-refractivity contribution is 0.0934. The number of nitrogens with zero attached hydrogens (tertiary/aromatic N) is 1. The zero-order valence-electron chi connectivity index (χ0n) is 13.4. The van der Waals surface area contributed by atoms with E-state index in [-0.39, 0.29) is 11.9 Å². The summed E-state index contributed by atoms with van der Waals surface area (Å²) >= 11 is 5.19. The first kappa shape index (κ1) is 16.3. The van der Waals surface area contributed by atoms with Crippen LogP contribution in [0.15, 0.2) is 40.2 Å². The highest BCUT2D eigenvalue weighted by Crippen LogP contribution is 2.33. The fourth-order valence-corrected chi connectivity index (χ4v) is 4.15. The third-order valence-electron chi connectivity index (χ3n) is 3.67. The number of hydrogen-bond donors (Lipinski definition) is 1. The number of aromatic nitrogens is 1. The topological polar surface area (TPSA) is 34.0 Å². The third kappa shape index (κ3) is 3.51. The molecular formula is C18H19BrN2OS. The molecule has 3 nitrogen and oxygen atoms in total. The Hall–Kier alpha value is -1.59. The Morgan fingerprint density at radius 3 is 2.61 bits per heavy atom. The van der Waals surface area contributed by atoms with E-state index in [2.05, 4.69) is 63.1 Å². The minimum atomic E-state index is -0.0216. The van der Waals surface area contributed by atoms with Gasteiger partial charge in [-0.2, -0.15) is 0 Å². The first-order valence-corrected chi connectivity index (χ1v) is 9.20. The Morgan fingerprint density at radius 1 is 1.26 bits per heavy atom. The van der Waals surface area contributed by atoms with Gasteiger partial charge in [0.25, 0.3) is 5.91 Å². The average molecular weight is 391 g/mol. The van der Waals surface area contributed by atoms with E-state index in [1.807, 2.05) is 19.9 Å². The summed E-state index contributed by atoms with van der Waals surface area (Å²) in [5, 5.41) is 2.99. The summed E-state index contributed by atoms with van der Waals surface area (Å²) < 4.78 is 4.30. The molecule has 23 heavy (non-hydrogen) atoms. The van der Waals surface area contributed by atoms with E-state index in [9.17, 15) is 4.79 Å². The molecule has 1 amide bonds. The maximum absolute atomic E-state index is 12.5. The van der Waals surface area contributed by atoms with Crippen molar-refractivity contribution in [3.05, 3.63) is 57.0 Å². The number of carbonyl (C=O) groups excluding carboxylic acids is 1. The number of amides is 1. The van der Waals surface area contributed by atoms with Gasteiger partial charge in [-0.15, -0.1) is 11.3 Å². The number of halogens is 1. The highest BCUT2D eigenvalue weighted by atomic mass is 79.9. The van der Waals surface area contributed by atoms with Crippen molar-refractivity contribution in [3.63, 3.8) is 0 Å². The molecule has 2 aromatic heterocycles. The fraction of sp³-hybridized carbons (Fsp3) is 0.278. The van der Waals surface area contributed by atoms with Crippen molar-refractivity contribution >= 4 is 43.4 Å². The molecule has 0 saturated carbocycles. The number of fused-ring (bicyclic) bond motifs is 1.